The average molecular weight is 312 g/mol. The molecule has 0 aliphatic carbocycles. The molecule has 0 saturated heterocycles. The molecule has 0 aliphatic heterocycles. The number of aromatic nitrogens is 2. The second-order valence-corrected chi connectivity index (χ2v) is 5.00. The minimum Gasteiger partial charge on any atom is -0.385 e. The maximum atomic E-state index is 5.05. The fourth-order valence-corrected chi connectivity index (χ4v) is 1.85. The van der Waals surface area contributed by atoms with Gasteiger partial charge >= 0.3 is 0 Å². The van der Waals surface area contributed by atoms with Gasteiger partial charge in [-0.15, -0.1) is 0 Å². The molecular weight excluding hydrogens is 284 g/mol. The number of rotatable bonds is 10. The van der Waals surface area contributed by atoms with Gasteiger partial charge in [-0.1, -0.05) is 5.16 Å². The van der Waals surface area contributed by atoms with Crippen molar-refractivity contribution < 1.29 is 9.26 Å². The highest BCUT2D eigenvalue weighted by atomic mass is 16.5. The van der Waals surface area contributed by atoms with Gasteiger partial charge < -0.3 is 24.8 Å². The summed E-state index contributed by atoms with van der Waals surface area (Å²) in [7, 11) is 3.83. The molecule has 0 atom stereocenters. The fourth-order valence-electron chi connectivity index (χ4n) is 1.85. The van der Waals surface area contributed by atoms with Gasteiger partial charge in [0.05, 0.1) is 0 Å². The van der Waals surface area contributed by atoms with Crippen LogP contribution in [0.2, 0.25) is 0 Å². The highest BCUT2D eigenvalue weighted by Gasteiger charge is 2.03. The molecule has 1 aromatic heterocycles. The predicted molar refractivity (Wildman–Crippen MR) is 85.8 cm³/mol. The van der Waals surface area contributed by atoms with Crippen molar-refractivity contribution in [3.63, 3.8) is 0 Å². The molecule has 22 heavy (non-hydrogen) atoms. The molecule has 1 aromatic rings. The van der Waals surface area contributed by atoms with Crippen LogP contribution < -0.4 is 10.6 Å². The molecule has 8 heteroatoms. The summed E-state index contributed by atoms with van der Waals surface area (Å²) in [5, 5.41) is 10.3. The number of hydrogen-bond acceptors (Lipinski definition) is 6. The molecular formula is C14H28N6O2. The summed E-state index contributed by atoms with van der Waals surface area (Å²) in [6, 6.07) is 0. The molecule has 1 rings (SSSR count). The number of aryl methyl sites for hydroxylation is 1. The Morgan fingerprint density at radius 3 is 2.82 bits per heavy atom. The minimum absolute atomic E-state index is 0.399. The normalized spacial score (nSPS) is 12.0. The maximum Gasteiger partial charge on any atom is 0.223 e. The number of hydrogen-bond donors (Lipinski definition) is 2. The molecule has 0 amide bonds. The third-order valence-corrected chi connectivity index (χ3v) is 2.97. The van der Waals surface area contributed by atoms with Crippen LogP contribution >= 0.6 is 0 Å². The van der Waals surface area contributed by atoms with Gasteiger partial charge in [-0.25, -0.2) is 4.99 Å². The Labute approximate surface area is 132 Å². The number of nitrogens with zero attached hydrogens (tertiary/aromatic N) is 4. The standard InChI is InChI=1S/C14H28N6O2/c1-5-15-14(17-11-13-18-12(2)22-19-13)16-7-9-20(3)8-6-10-21-4/h5-11H2,1-4H3,(H2,15,16,17). The third kappa shape index (κ3) is 7.94. The molecule has 8 nitrogen and oxygen atoms in total. The molecule has 0 aliphatic rings. The van der Waals surface area contributed by atoms with Gasteiger partial charge in [0.25, 0.3) is 0 Å². The number of aliphatic imine (C=N–C) groups is 1. The van der Waals surface area contributed by atoms with E-state index >= 15 is 0 Å². The van der Waals surface area contributed by atoms with E-state index in [1.807, 2.05) is 6.92 Å². The first-order chi connectivity index (χ1) is 10.7. The van der Waals surface area contributed by atoms with Crippen LogP contribution in [-0.2, 0) is 11.3 Å². The number of methoxy groups -OCH3 is 1. The van der Waals surface area contributed by atoms with Gasteiger partial charge in [0, 0.05) is 46.8 Å². The summed E-state index contributed by atoms with van der Waals surface area (Å²) in [5.74, 6) is 1.91. The molecule has 1 heterocycles. The number of ether oxygens (including phenoxy) is 1. The van der Waals surface area contributed by atoms with Gasteiger partial charge in [0.2, 0.25) is 5.89 Å². The highest BCUT2D eigenvalue weighted by Crippen LogP contribution is 1.96. The Bertz CT molecular complexity index is 435. The van der Waals surface area contributed by atoms with E-state index in [9.17, 15) is 0 Å². The van der Waals surface area contributed by atoms with Gasteiger partial charge in [0.15, 0.2) is 11.8 Å². The van der Waals surface area contributed by atoms with Crippen molar-refractivity contribution in [2.24, 2.45) is 4.99 Å². The summed E-state index contributed by atoms with van der Waals surface area (Å²) in [6.07, 6.45) is 1.04. The Kier molecular flexibility index (Phi) is 9.17. The van der Waals surface area contributed by atoms with Crippen LogP contribution in [0.1, 0.15) is 25.1 Å². The Balaban J connectivity index is 2.30. The first kappa shape index (κ1) is 18.4. The molecule has 0 spiro atoms. The SMILES string of the molecule is CCNC(=NCc1noc(C)n1)NCCN(C)CCCOC. The van der Waals surface area contributed by atoms with Crippen molar-refractivity contribution in [1.82, 2.24) is 25.7 Å². The van der Waals surface area contributed by atoms with Crippen LogP contribution in [0.15, 0.2) is 9.52 Å². The molecule has 0 saturated carbocycles. The summed E-state index contributed by atoms with van der Waals surface area (Å²) >= 11 is 0. The summed E-state index contributed by atoms with van der Waals surface area (Å²) in [4.78, 5) is 10.8. The van der Waals surface area contributed by atoms with E-state index in [1.165, 1.54) is 0 Å². The average Bonchev–Trinajstić information content (AvgIpc) is 2.91. The zero-order valence-electron chi connectivity index (χ0n) is 14.1. The van der Waals surface area contributed by atoms with Crippen LogP contribution in [0.4, 0.5) is 0 Å². The van der Waals surface area contributed by atoms with Crippen molar-refractivity contribution in [3.05, 3.63) is 11.7 Å². The largest absolute Gasteiger partial charge is 0.385 e. The number of guanidine groups is 1. The summed E-state index contributed by atoms with van der Waals surface area (Å²) in [5.41, 5.74) is 0. The molecule has 0 radical (unpaired) electrons. The van der Waals surface area contributed by atoms with E-state index in [2.05, 4.69) is 37.7 Å². The maximum absolute atomic E-state index is 5.05. The van der Waals surface area contributed by atoms with E-state index in [1.54, 1.807) is 14.0 Å². The topological polar surface area (TPSA) is 87.8 Å². The lowest BCUT2D eigenvalue weighted by Crippen LogP contribution is -2.41. The minimum atomic E-state index is 0.399. The smallest absolute Gasteiger partial charge is 0.223 e. The molecule has 0 bridgehead atoms. The van der Waals surface area contributed by atoms with Crippen LogP contribution in [0.5, 0.6) is 0 Å². The predicted octanol–water partition coefficient (Wildman–Crippen LogP) is 0.401. The highest BCUT2D eigenvalue weighted by molar-refractivity contribution is 5.79. The fraction of sp³-hybridized carbons (Fsp3) is 0.786. The number of nitrogens with one attached hydrogen (secondary N) is 2. The summed E-state index contributed by atoms with van der Waals surface area (Å²) < 4.78 is 9.98. The zero-order valence-corrected chi connectivity index (χ0v) is 14.1. The Morgan fingerprint density at radius 2 is 2.18 bits per heavy atom. The number of likely N-dealkylation sites (N-methyl/N-ethyl adjacent to an activating group) is 1. The van der Waals surface area contributed by atoms with Crippen LogP contribution in [0.3, 0.4) is 0 Å². The molecule has 126 valence electrons. The van der Waals surface area contributed by atoms with Gasteiger partial charge in [0.1, 0.15) is 6.54 Å². The second-order valence-electron chi connectivity index (χ2n) is 5.00. The molecule has 0 aromatic carbocycles. The molecule has 0 unspecified atom stereocenters. The van der Waals surface area contributed by atoms with Crippen LogP contribution in [0.25, 0.3) is 0 Å². The van der Waals surface area contributed by atoms with E-state index in [0.29, 0.717) is 18.3 Å². The van der Waals surface area contributed by atoms with Gasteiger partial charge in [-0.05, 0) is 20.4 Å². The van der Waals surface area contributed by atoms with E-state index in [4.69, 9.17) is 9.26 Å². The first-order valence-corrected chi connectivity index (χ1v) is 7.64. The van der Waals surface area contributed by atoms with Crippen molar-refractivity contribution >= 4 is 5.96 Å². The van der Waals surface area contributed by atoms with Gasteiger partial charge in [-0.3, -0.25) is 0 Å². The summed E-state index contributed by atoms with van der Waals surface area (Å²) in [6.45, 7) is 8.58. The van der Waals surface area contributed by atoms with Crippen molar-refractivity contribution in [2.75, 3.05) is 46.9 Å². The Hall–Kier alpha value is -1.67. The van der Waals surface area contributed by atoms with Crippen molar-refractivity contribution in [3.8, 4) is 0 Å². The van der Waals surface area contributed by atoms with Crippen molar-refractivity contribution in [2.45, 2.75) is 26.8 Å². The first-order valence-electron chi connectivity index (χ1n) is 7.64. The lowest BCUT2D eigenvalue weighted by Gasteiger charge is -2.17. The molecule has 2 N–H and O–H groups in total. The van der Waals surface area contributed by atoms with E-state index < -0.39 is 0 Å². The second kappa shape index (κ2) is 11.0. The zero-order chi connectivity index (χ0) is 16.2. The lowest BCUT2D eigenvalue weighted by atomic mass is 10.4. The monoisotopic (exact) mass is 312 g/mol. The van der Waals surface area contributed by atoms with E-state index in [0.717, 1.165) is 45.2 Å². The van der Waals surface area contributed by atoms with E-state index in [-0.39, 0.29) is 0 Å². The lowest BCUT2D eigenvalue weighted by molar-refractivity contribution is 0.180. The van der Waals surface area contributed by atoms with Crippen LogP contribution in [0, 0.1) is 6.92 Å². The third-order valence-electron chi connectivity index (χ3n) is 2.97. The van der Waals surface area contributed by atoms with Gasteiger partial charge in [-0.2, -0.15) is 4.98 Å². The quantitative estimate of drug-likeness (QED) is 0.367. The van der Waals surface area contributed by atoms with Crippen LogP contribution in [-0.4, -0.2) is 67.9 Å². The molecule has 0 fully saturated rings. The van der Waals surface area contributed by atoms with Crippen molar-refractivity contribution in [1.29, 1.82) is 0 Å². The Morgan fingerprint density at radius 1 is 1.36 bits per heavy atom.